The Morgan fingerprint density at radius 3 is 2.61 bits per heavy atom. The third kappa shape index (κ3) is 2.54. The molecule has 1 aliphatic rings. The van der Waals surface area contributed by atoms with Crippen LogP contribution in [0.1, 0.15) is 12.0 Å². The molecule has 1 heterocycles. The summed E-state index contributed by atoms with van der Waals surface area (Å²) in [6.07, 6.45) is 1.26. The number of nitrogens with zero attached hydrogens (tertiary/aromatic N) is 1. The summed E-state index contributed by atoms with van der Waals surface area (Å²) in [6, 6.07) is 19.5. The van der Waals surface area contributed by atoms with E-state index in [9.17, 15) is 0 Å². The van der Waals surface area contributed by atoms with E-state index >= 15 is 0 Å². The predicted octanol–water partition coefficient (Wildman–Crippen LogP) is 4.19. The van der Waals surface area contributed by atoms with Crippen LogP contribution in [-0.2, 0) is 6.54 Å². The van der Waals surface area contributed by atoms with E-state index in [1.165, 1.54) is 28.3 Å². The second-order valence-corrected chi connectivity index (χ2v) is 5.71. The van der Waals surface area contributed by atoms with Gasteiger partial charge >= 0.3 is 0 Å². The fraction of sp³-hybridized carbons (Fsp3) is 0.250. The van der Waals surface area contributed by atoms with Crippen LogP contribution in [0, 0.1) is 0 Å². The molecule has 0 radical (unpaired) electrons. The summed E-state index contributed by atoms with van der Waals surface area (Å²) in [5.41, 5.74) is 2.78. The van der Waals surface area contributed by atoms with E-state index in [2.05, 4.69) is 59.5 Å². The Labute approximate surface area is 113 Å². The van der Waals surface area contributed by atoms with Gasteiger partial charge in [0.15, 0.2) is 0 Å². The predicted molar refractivity (Wildman–Crippen MR) is 79.3 cm³/mol. The summed E-state index contributed by atoms with van der Waals surface area (Å²) in [4.78, 5) is 3.93. The van der Waals surface area contributed by atoms with Crippen molar-refractivity contribution in [2.24, 2.45) is 0 Å². The number of fused-ring (bicyclic) bond motifs is 1. The standard InChI is InChI=1S/C16H17NS/c1-2-7-14(8-3-1)13-17-11-6-12-18-16-10-5-4-9-15(16)17/h1-5,7-10H,6,11-13H2. The average Bonchev–Trinajstić information content (AvgIpc) is 2.63. The molecule has 3 rings (SSSR count). The van der Waals surface area contributed by atoms with Gasteiger partial charge in [-0.2, -0.15) is 0 Å². The van der Waals surface area contributed by atoms with Gasteiger partial charge in [-0.3, -0.25) is 0 Å². The average molecular weight is 255 g/mol. The summed E-state index contributed by atoms with van der Waals surface area (Å²) in [7, 11) is 0. The van der Waals surface area contributed by atoms with E-state index in [-0.39, 0.29) is 0 Å². The number of thioether (sulfide) groups is 1. The fourth-order valence-corrected chi connectivity index (χ4v) is 3.38. The van der Waals surface area contributed by atoms with Crippen molar-refractivity contribution in [2.45, 2.75) is 17.9 Å². The highest BCUT2D eigenvalue weighted by molar-refractivity contribution is 7.99. The van der Waals surface area contributed by atoms with E-state index in [1.807, 2.05) is 11.8 Å². The Balaban J connectivity index is 1.88. The van der Waals surface area contributed by atoms with Crippen molar-refractivity contribution in [1.82, 2.24) is 0 Å². The van der Waals surface area contributed by atoms with Crippen LogP contribution in [0.5, 0.6) is 0 Å². The Morgan fingerprint density at radius 1 is 0.944 bits per heavy atom. The molecule has 2 aromatic carbocycles. The van der Waals surface area contributed by atoms with Crippen molar-refractivity contribution in [1.29, 1.82) is 0 Å². The van der Waals surface area contributed by atoms with Gasteiger partial charge in [0.1, 0.15) is 0 Å². The van der Waals surface area contributed by atoms with Crippen LogP contribution in [0.4, 0.5) is 5.69 Å². The molecular weight excluding hydrogens is 238 g/mol. The van der Waals surface area contributed by atoms with Gasteiger partial charge in [-0.05, 0) is 29.9 Å². The van der Waals surface area contributed by atoms with E-state index < -0.39 is 0 Å². The van der Waals surface area contributed by atoms with Crippen LogP contribution < -0.4 is 4.90 Å². The molecule has 2 aromatic rings. The fourth-order valence-electron chi connectivity index (χ4n) is 2.37. The Bertz CT molecular complexity index is 510. The first-order chi connectivity index (χ1) is 8.93. The van der Waals surface area contributed by atoms with E-state index in [4.69, 9.17) is 0 Å². The first-order valence-corrected chi connectivity index (χ1v) is 7.43. The third-order valence-electron chi connectivity index (χ3n) is 3.25. The van der Waals surface area contributed by atoms with Gasteiger partial charge in [0, 0.05) is 18.0 Å². The lowest BCUT2D eigenvalue weighted by Crippen LogP contribution is -2.23. The zero-order chi connectivity index (χ0) is 12.2. The summed E-state index contributed by atoms with van der Waals surface area (Å²) >= 11 is 1.98. The highest BCUT2D eigenvalue weighted by Gasteiger charge is 2.14. The van der Waals surface area contributed by atoms with Crippen molar-refractivity contribution < 1.29 is 0 Å². The molecular formula is C16H17NS. The normalized spacial score (nSPS) is 15.0. The number of hydrogen-bond acceptors (Lipinski definition) is 2. The number of benzene rings is 2. The second kappa shape index (κ2) is 5.49. The number of hydrogen-bond donors (Lipinski definition) is 0. The zero-order valence-electron chi connectivity index (χ0n) is 10.4. The molecule has 1 aliphatic heterocycles. The maximum absolute atomic E-state index is 2.50. The maximum atomic E-state index is 2.50. The molecule has 0 atom stereocenters. The van der Waals surface area contributed by atoms with Crippen molar-refractivity contribution in [2.75, 3.05) is 17.2 Å². The number of para-hydroxylation sites is 1. The summed E-state index contributed by atoms with van der Waals surface area (Å²) in [5, 5.41) is 0. The Kier molecular flexibility index (Phi) is 3.56. The molecule has 0 saturated heterocycles. The Hall–Kier alpha value is -1.41. The van der Waals surface area contributed by atoms with Crippen molar-refractivity contribution in [3.63, 3.8) is 0 Å². The lowest BCUT2D eigenvalue weighted by Gasteiger charge is -2.24. The first kappa shape index (κ1) is 11.7. The summed E-state index contributed by atoms with van der Waals surface area (Å²) in [6.45, 7) is 2.16. The molecule has 0 unspecified atom stereocenters. The highest BCUT2D eigenvalue weighted by Crippen LogP contribution is 2.34. The minimum atomic E-state index is 1.01. The molecule has 0 spiro atoms. The molecule has 18 heavy (non-hydrogen) atoms. The van der Waals surface area contributed by atoms with Crippen LogP contribution >= 0.6 is 11.8 Å². The summed E-state index contributed by atoms with van der Waals surface area (Å²) < 4.78 is 0. The van der Waals surface area contributed by atoms with Crippen LogP contribution in [0.15, 0.2) is 59.5 Å². The largest absolute Gasteiger partial charge is 0.366 e. The van der Waals surface area contributed by atoms with E-state index in [1.54, 1.807) is 0 Å². The van der Waals surface area contributed by atoms with Gasteiger partial charge in [-0.25, -0.2) is 0 Å². The van der Waals surface area contributed by atoms with E-state index in [0.717, 1.165) is 13.1 Å². The third-order valence-corrected chi connectivity index (χ3v) is 4.40. The minimum absolute atomic E-state index is 1.01. The maximum Gasteiger partial charge on any atom is 0.0507 e. The molecule has 92 valence electrons. The van der Waals surface area contributed by atoms with Gasteiger partial charge in [-0.1, -0.05) is 42.5 Å². The topological polar surface area (TPSA) is 3.24 Å². The lowest BCUT2D eigenvalue weighted by molar-refractivity contribution is 0.772. The Morgan fingerprint density at radius 2 is 1.72 bits per heavy atom. The molecule has 0 N–H and O–H groups in total. The molecule has 0 amide bonds. The lowest BCUT2D eigenvalue weighted by atomic mass is 10.2. The van der Waals surface area contributed by atoms with Crippen LogP contribution in [-0.4, -0.2) is 12.3 Å². The summed E-state index contributed by atoms with van der Waals surface area (Å²) in [5.74, 6) is 1.22. The van der Waals surface area contributed by atoms with Gasteiger partial charge in [-0.15, -0.1) is 11.8 Å². The minimum Gasteiger partial charge on any atom is -0.366 e. The molecule has 0 saturated carbocycles. The van der Waals surface area contributed by atoms with Gasteiger partial charge in [0.05, 0.1) is 5.69 Å². The van der Waals surface area contributed by atoms with Crippen molar-refractivity contribution in [3.8, 4) is 0 Å². The zero-order valence-corrected chi connectivity index (χ0v) is 11.2. The molecule has 0 aromatic heterocycles. The van der Waals surface area contributed by atoms with Gasteiger partial charge < -0.3 is 4.90 Å². The molecule has 1 nitrogen and oxygen atoms in total. The molecule has 0 aliphatic carbocycles. The van der Waals surface area contributed by atoms with Crippen LogP contribution in [0.2, 0.25) is 0 Å². The SMILES string of the molecule is c1ccc(CN2CCCSc3ccccc32)cc1. The number of rotatable bonds is 2. The van der Waals surface area contributed by atoms with Gasteiger partial charge in [0.25, 0.3) is 0 Å². The monoisotopic (exact) mass is 255 g/mol. The van der Waals surface area contributed by atoms with Crippen molar-refractivity contribution in [3.05, 3.63) is 60.2 Å². The van der Waals surface area contributed by atoms with Crippen molar-refractivity contribution >= 4 is 17.4 Å². The van der Waals surface area contributed by atoms with E-state index in [0.29, 0.717) is 0 Å². The van der Waals surface area contributed by atoms with Crippen LogP contribution in [0.3, 0.4) is 0 Å². The smallest absolute Gasteiger partial charge is 0.0507 e. The van der Waals surface area contributed by atoms with Gasteiger partial charge in [0.2, 0.25) is 0 Å². The highest BCUT2D eigenvalue weighted by atomic mass is 32.2. The first-order valence-electron chi connectivity index (χ1n) is 6.44. The quantitative estimate of drug-likeness (QED) is 0.791. The molecule has 2 heteroatoms. The molecule has 0 bridgehead atoms. The van der Waals surface area contributed by atoms with Crippen LogP contribution in [0.25, 0.3) is 0 Å². The number of anilines is 1. The molecule has 0 fully saturated rings. The second-order valence-electron chi connectivity index (χ2n) is 4.58.